The summed E-state index contributed by atoms with van der Waals surface area (Å²) in [6, 6.07) is 7.63. The number of fused-ring (bicyclic) bond motifs is 2. The van der Waals surface area contributed by atoms with Crippen molar-refractivity contribution in [3.05, 3.63) is 48.5 Å². The van der Waals surface area contributed by atoms with Crippen LogP contribution in [0.15, 0.2) is 58.3 Å². The van der Waals surface area contributed by atoms with E-state index >= 15 is 0 Å². The van der Waals surface area contributed by atoms with Crippen molar-refractivity contribution in [1.29, 1.82) is 0 Å². The van der Waals surface area contributed by atoms with Crippen LogP contribution in [0.2, 0.25) is 0 Å². The first kappa shape index (κ1) is 32.4. The zero-order valence-corrected chi connectivity index (χ0v) is 23.4. The van der Waals surface area contributed by atoms with Gasteiger partial charge in [-0.15, -0.1) is 0 Å². The molecule has 0 radical (unpaired) electrons. The molecule has 0 bridgehead atoms. The summed E-state index contributed by atoms with van der Waals surface area (Å²) < 4.78 is 131. The van der Waals surface area contributed by atoms with Gasteiger partial charge in [0.1, 0.15) is 27.9 Å². The molecule has 0 amide bonds. The predicted molar refractivity (Wildman–Crippen MR) is 144 cm³/mol. The van der Waals surface area contributed by atoms with Crippen molar-refractivity contribution in [1.82, 2.24) is 0 Å². The summed E-state index contributed by atoms with van der Waals surface area (Å²) in [5.41, 5.74) is 11.1. The second kappa shape index (κ2) is 10.9. The van der Waals surface area contributed by atoms with E-state index in [1.165, 1.54) is 0 Å². The van der Waals surface area contributed by atoms with Gasteiger partial charge in [-0.05, 0) is 35.7 Å². The number of rotatable bonds is 6. The van der Waals surface area contributed by atoms with Crippen LogP contribution in [-0.2, 0) is 41.0 Å². The quantitative estimate of drug-likeness (QED) is 0.105. The lowest BCUT2D eigenvalue weighted by Gasteiger charge is -2.10. The van der Waals surface area contributed by atoms with Crippen LogP contribution in [0.3, 0.4) is 0 Å². The first-order valence-corrected chi connectivity index (χ1v) is 16.0. The highest BCUT2D eigenvalue weighted by Crippen LogP contribution is 2.38. The normalized spacial score (nSPS) is 12.5. The minimum absolute atomic E-state index is 0.0215. The van der Waals surface area contributed by atoms with Crippen molar-refractivity contribution in [3.63, 3.8) is 0 Å². The lowest BCUT2D eigenvalue weighted by molar-refractivity contribution is 0.384. The molecule has 10 N–H and O–H groups in total. The summed E-state index contributed by atoms with van der Waals surface area (Å²) in [6.45, 7) is 0. The average molecular weight is 671 g/mol. The van der Waals surface area contributed by atoms with Gasteiger partial charge in [-0.2, -0.15) is 33.7 Å². The summed E-state index contributed by atoms with van der Waals surface area (Å²) in [5, 5.41) is 19.2. The number of aromatic hydroxyl groups is 2. The van der Waals surface area contributed by atoms with Gasteiger partial charge in [0.25, 0.3) is 20.2 Å². The molecule has 0 atom stereocenters. The van der Waals surface area contributed by atoms with E-state index < -0.39 is 68.1 Å². The van der Waals surface area contributed by atoms with E-state index in [1.54, 1.807) is 0 Å². The maximum Gasteiger partial charge on any atom is 0.446 e. The molecule has 0 aliphatic rings. The zero-order chi connectivity index (χ0) is 32.0. The maximum absolute atomic E-state index is 11.3. The van der Waals surface area contributed by atoms with Gasteiger partial charge in [-0.3, -0.25) is 18.2 Å². The molecule has 22 heteroatoms. The third-order valence-corrected chi connectivity index (χ3v) is 7.59. The Balaban J connectivity index is 0.000000231. The van der Waals surface area contributed by atoms with Crippen LogP contribution in [0.4, 0.5) is 11.4 Å². The molecular weight excluding hydrogens is 652 g/mol. The fourth-order valence-corrected chi connectivity index (χ4v) is 5.51. The summed E-state index contributed by atoms with van der Waals surface area (Å²) in [7, 11) is -19.0. The molecule has 0 saturated heterocycles. The molecule has 4 aromatic rings. The molecule has 0 spiro atoms. The summed E-state index contributed by atoms with van der Waals surface area (Å²) in [4.78, 5) is -1.36. The minimum atomic E-state index is -4.82. The molecule has 0 fully saturated rings. The molecular formula is C20H18N2O16S4. The summed E-state index contributed by atoms with van der Waals surface area (Å²) in [6.07, 6.45) is 0. The first-order valence-electron chi connectivity index (χ1n) is 10.4. The highest BCUT2D eigenvalue weighted by molar-refractivity contribution is 7.86. The largest absolute Gasteiger partial charge is 0.507 e. The van der Waals surface area contributed by atoms with Crippen LogP contribution in [0.5, 0.6) is 23.0 Å². The van der Waals surface area contributed by atoms with E-state index in [0.29, 0.717) is 0 Å². The van der Waals surface area contributed by atoms with Crippen molar-refractivity contribution < 1.29 is 70.5 Å². The Kier molecular flexibility index (Phi) is 8.41. The summed E-state index contributed by atoms with van der Waals surface area (Å²) >= 11 is 0. The maximum atomic E-state index is 11.3. The number of phenols is 2. The number of anilines is 2. The average Bonchev–Trinajstić information content (AvgIpc) is 2.75. The van der Waals surface area contributed by atoms with Crippen molar-refractivity contribution in [2.45, 2.75) is 9.79 Å². The second-order valence-corrected chi connectivity index (χ2v) is 12.9. The van der Waals surface area contributed by atoms with Gasteiger partial charge in [0.05, 0.1) is 4.90 Å². The summed E-state index contributed by atoms with van der Waals surface area (Å²) in [5.74, 6) is -1.95. The van der Waals surface area contributed by atoms with Gasteiger partial charge in [0, 0.05) is 45.7 Å². The zero-order valence-electron chi connectivity index (χ0n) is 20.2. The Morgan fingerprint density at radius 2 is 1.07 bits per heavy atom. The van der Waals surface area contributed by atoms with Gasteiger partial charge in [0.15, 0.2) is 0 Å². The van der Waals surface area contributed by atoms with Crippen LogP contribution in [-0.4, -0.2) is 62.1 Å². The van der Waals surface area contributed by atoms with E-state index in [9.17, 15) is 43.9 Å². The van der Waals surface area contributed by atoms with Crippen molar-refractivity contribution in [2.75, 3.05) is 11.5 Å². The molecule has 42 heavy (non-hydrogen) atoms. The Bertz CT molecular complexity index is 2110. The molecule has 0 aliphatic heterocycles. The van der Waals surface area contributed by atoms with Crippen LogP contribution in [0.1, 0.15) is 0 Å². The predicted octanol–water partition coefficient (Wildman–Crippen LogP) is 1.11. The lowest BCUT2D eigenvalue weighted by atomic mass is 10.1. The van der Waals surface area contributed by atoms with Crippen LogP contribution in [0.25, 0.3) is 21.5 Å². The minimum Gasteiger partial charge on any atom is -0.507 e. The number of phenolic OH excluding ortho intramolecular Hbond substituents is 2. The van der Waals surface area contributed by atoms with Crippen molar-refractivity contribution in [3.8, 4) is 23.0 Å². The van der Waals surface area contributed by atoms with E-state index in [0.717, 1.165) is 48.5 Å². The molecule has 4 aromatic carbocycles. The van der Waals surface area contributed by atoms with Gasteiger partial charge >= 0.3 is 20.8 Å². The fourth-order valence-electron chi connectivity index (χ4n) is 3.62. The van der Waals surface area contributed by atoms with E-state index in [1.807, 2.05) is 0 Å². The molecule has 4 rings (SSSR count). The Labute approximate surface area is 236 Å². The monoisotopic (exact) mass is 670 g/mol. The van der Waals surface area contributed by atoms with Gasteiger partial charge in [0.2, 0.25) is 0 Å². The number of nitrogen functional groups attached to an aromatic ring is 2. The fraction of sp³-hybridized carbons (Fsp3) is 0. The Morgan fingerprint density at radius 1 is 0.571 bits per heavy atom. The van der Waals surface area contributed by atoms with E-state index in [-0.39, 0.29) is 38.7 Å². The number of hydrogen-bond acceptors (Lipinski definition) is 14. The smallest absolute Gasteiger partial charge is 0.446 e. The van der Waals surface area contributed by atoms with Gasteiger partial charge in [-0.25, -0.2) is 0 Å². The van der Waals surface area contributed by atoms with Crippen LogP contribution >= 0.6 is 0 Å². The van der Waals surface area contributed by atoms with E-state index in [2.05, 4.69) is 8.37 Å². The third-order valence-electron chi connectivity index (χ3n) is 5.04. The molecule has 0 saturated carbocycles. The van der Waals surface area contributed by atoms with Gasteiger partial charge in [-0.1, -0.05) is 0 Å². The second-order valence-electron chi connectivity index (χ2n) is 8.04. The SMILES string of the molecule is Nc1cc(OS(=O)(=O)O)cc2cc(OS(=O)(=O)O)cc(O)c12.Nc1ccc(S(=O)(=O)O)c2cc(S(=O)(=O)O)cc(O)c12. The number of nitrogens with two attached hydrogens (primary N) is 2. The molecule has 0 unspecified atom stereocenters. The molecule has 0 aliphatic carbocycles. The molecule has 228 valence electrons. The topological polar surface area (TPSA) is 328 Å². The van der Waals surface area contributed by atoms with Crippen LogP contribution < -0.4 is 19.8 Å². The highest BCUT2D eigenvalue weighted by Gasteiger charge is 2.21. The number of benzene rings is 4. The highest BCUT2D eigenvalue weighted by atomic mass is 32.3. The first-order chi connectivity index (χ1) is 19.0. The van der Waals surface area contributed by atoms with Crippen molar-refractivity contribution >= 4 is 74.0 Å². The third kappa shape index (κ3) is 7.77. The molecule has 0 aromatic heterocycles. The van der Waals surface area contributed by atoms with Crippen LogP contribution in [0, 0.1) is 0 Å². The Hall–Kier alpha value is -4.16. The van der Waals surface area contributed by atoms with Crippen molar-refractivity contribution in [2.24, 2.45) is 0 Å². The standard InChI is InChI=1S/C10H9NO9S2.C10H9NO7S2/c11-8-3-6(19-21(13,14)15)1-5-2-7(20-22(16,17)18)4-9(12)10(5)8;11-7-1-2-9(20(16,17)18)6-3-5(19(13,14)15)4-8(12)10(6)7/h1-4,12H,11H2,(H,13,14,15)(H,16,17,18);1-4,12H,11H2,(H,13,14,15)(H,16,17,18). The number of hydrogen-bond donors (Lipinski definition) is 8. The molecule has 18 nitrogen and oxygen atoms in total. The Morgan fingerprint density at radius 3 is 1.55 bits per heavy atom. The van der Waals surface area contributed by atoms with E-state index in [4.69, 9.17) is 29.7 Å². The molecule has 0 heterocycles. The lowest BCUT2D eigenvalue weighted by Crippen LogP contribution is -2.07. The van der Waals surface area contributed by atoms with Gasteiger partial charge < -0.3 is 30.0 Å².